The fourth-order valence-corrected chi connectivity index (χ4v) is 8.79. The van der Waals surface area contributed by atoms with Crippen molar-refractivity contribution in [3.05, 3.63) is 78.9 Å². The Morgan fingerprint density at radius 1 is 0.627 bits per heavy atom. The summed E-state index contributed by atoms with van der Waals surface area (Å²) >= 11 is 0.847. The van der Waals surface area contributed by atoms with Crippen LogP contribution in [0.1, 0.15) is 0 Å². The average Bonchev–Trinajstić information content (AvgIpc) is 3.28. The van der Waals surface area contributed by atoms with Gasteiger partial charge in [0.1, 0.15) is 22.0 Å². The van der Waals surface area contributed by atoms with Crippen molar-refractivity contribution in [2.75, 3.05) is 46.8 Å². The molecule has 0 aliphatic carbocycles. The highest BCUT2D eigenvalue weighted by atomic mass is 32.2. The van der Waals surface area contributed by atoms with Gasteiger partial charge in [-0.3, -0.25) is 12.9 Å². The summed E-state index contributed by atoms with van der Waals surface area (Å²) in [5.41, 5.74) is 10.7. The Hall–Kier alpha value is -5.36. The first-order valence-electron chi connectivity index (χ1n) is 17.4. The van der Waals surface area contributed by atoms with Crippen LogP contribution in [-0.4, -0.2) is 85.2 Å². The monoisotopic (exact) mass is 1060 g/mol. The lowest BCUT2D eigenvalue weighted by molar-refractivity contribution is -0.434. The number of halogens is 1. The summed E-state index contributed by atoms with van der Waals surface area (Å²) in [7, 11) is -12.7. The van der Waals surface area contributed by atoms with Gasteiger partial charge < -0.3 is 22.1 Å². The molecule has 0 aliphatic heterocycles. The smallest absolute Gasteiger partial charge is 0.315 e. The third kappa shape index (κ3) is 15.6. The fourth-order valence-electron chi connectivity index (χ4n) is 4.92. The lowest BCUT2D eigenvalue weighted by Crippen LogP contribution is -2.11. The second-order valence-corrected chi connectivity index (χ2v) is 19.4. The summed E-state index contributed by atoms with van der Waals surface area (Å²) in [4.78, 5) is 10.3. The van der Waals surface area contributed by atoms with E-state index < -0.39 is 69.3 Å². The SMILES string of the molecule is Nc1c(N=Nc2ccc(S(=O)(=O)CCOSOOO)cc2)cc(S(=O)(=O)O)c(N)c1N=Nc1cc(Nc2nc(F)nc(Nc3ccc(S(=O)(=O)CCOSOOO)cc3)n2)ccc1SOOO. The number of azo groups is 2. The molecule has 0 amide bonds. The van der Waals surface area contributed by atoms with Crippen molar-refractivity contribution in [1.29, 1.82) is 0 Å². The van der Waals surface area contributed by atoms with Gasteiger partial charge in [0.25, 0.3) is 10.1 Å². The normalized spacial score (nSPS) is 12.3. The minimum absolute atomic E-state index is 0.0643. The number of anilines is 6. The third-order valence-corrected chi connectivity index (χ3v) is 13.5. The predicted molar refractivity (Wildman–Crippen MR) is 231 cm³/mol. The number of sulfone groups is 2. The molecule has 0 spiro atoms. The van der Waals surface area contributed by atoms with E-state index in [4.69, 9.17) is 35.6 Å². The van der Waals surface area contributed by atoms with Crippen LogP contribution >= 0.6 is 36.7 Å². The van der Waals surface area contributed by atoms with Crippen LogP contribution in [0.5, 0.6) is 0 Å². The van der Waals surface area contributed by atoms with E-state index >= 15 is 0 Å². The van der Waals surface area contributed by atoms with Crippen molar-refractivity contribution in [3.63, 3.8) is 0 Å². The summed E-state index contributed by atoms with van der Waals surface area (Å²) in [6, 6.07) is 15.0. The van der Waals surface area contributed by atoms with Crippen molar-refractivity contribution in [3.8, 4) is 0 Å². The van der Waals surface area contributed by atoms with E-state index in [-0.39, 0.29) is 92.9 Å². The number of nitrogens with one attached hydrogen (secondary N) is 2. The highest BCUT2D eigenvalue weighted by Gasteiger charge is 2.23. The van der Waals surface area contributed by atoms with Gasteiger partial charge in [0, 0.05) is 11.4 Å². The van der Waals surface area contributed by atoms with Gasteiger partial charge in [-0.05, 0) is 72.8 Å². The van der Waals surface area contributed by atoms with Crippen molar-refractivity contribution < 1.29 is 86.5 Å². The molecule has 1 heterocycles. The maximum absolute atomic E-state index is 14.6. The van der Waals surface area contributed by atoms with Crippen molar-refractivity contribution in [1.82, 2.24) is 15.0 Å². The Morgan fingerprint density at radius 3 is 1.70 bits per heavy atom. The second-order valence-electron chi connectivity index (χ2n) is 12.1. The van der Waals surface area contributed by atoms with E-state index in [1.54, 1.807) is 0 Å². The molecule has 0 radical (unpaired) electrons. The van der Waals surface area contributed by atoms with Crippen LogP contribution in [0.15, 0.2) is 113 Å². The molecule has 0 bridgehead atoms. The summed E-state index contributed by atoms with van der Waals surface area (Å²) in [5.74, 6) is -1.60. The number of hydrogen-bond donors (Lipinski definition) is 8. The first kappa shape index (κ1) is 52.6. The maximum Gasteiger partial charge on any atom is 0.315 e. The van der Waals surface area contributed by atoms with Gasteiger partial charge in [0.05, 0.1) is 68.5 Å². The molecule has 0 unspecified atom stereocenters. The zero-order chi connectivity index (χ0) is 48.6. The molecule has 1 aromatic heterocycles. The van der Waals surface area contributed by atoms with E-state index in [0.717, 1.165) is 6.07 Å². The minimum Gasteiger partial charge on any atom is -0.396 e. The van der Waals surface area contributed by atoms with E-state index in [0.29, 0.717) is 12.0 Å². The molecule has 0 saturated heterocycles. The van der Waals surface area contributed by atoms with E-state index in [1.165, 1.54) is 66.7 Å². The molecule has 0 aliphatic rings. The number of nitrogens with two attached hydrogens (primary N) is 2. The van der Waals surface area contributed by atoms with Gasteiger partial charge in [-0.2, -0.15) is 32.9 Å². The van der Waals surface area contributed by atoms with Crippen LogP contribution < -0.4 is 22.1 Å². The second kappa shape index (κ2) is 24.6. The van der Waals surface area contributed by atoms with Crippen LogP contribution in [0.3, 0.4) is 0 Å². The number of rotatable bonds is 26. The topological polar surface area (TPSA) is 421 Å². The molecular formula is C31H30FN11O18S6. The summed E-state index contributed by atoms with van der Waals surface area (Å²) in [6.07, 6.45) is -1.24. The number of benzene rings is 4. The molecule has 0 fully saturated rings. The van der Waals surface area contributed by atoms with Gasteiger partial charge in [-0.1, -0.05) is 15.1 Å². The first-order valence-corrected chi connectivity index (χ1v) is 24.2. The van der Waals surface area contributed by atoms with E-state index in [9.17, 15) is 34.2 Å². The Kier molecular flexibility index (Phi) is 19.3. The third-order valence-electron chi connectivity index (χ3n) is 7.85. The molecule has 36 heteroatoms. The fraction of sp³-hybridized carbons (Fsp3) is 0.129. The standard InChI is InChI=1S/C31H30FN11O18S6/c32-29-37-30(35-17-1-6-20(7-2-17)65(47,48)13-11-54-63-60-57-45)39-31(38-29)36-19-5-10-24(62-59-56-44)22(15-19)41-43-28-26(33)23(16-25(27(28)34)67(51,52)53)42-40-18-3-8-21(9-4-18)66(49,50)14-12-55-64-61-58-46/h1-10,15-16,44-46H,11-14,33-34H2,(H,51,52,53)(H2,35,36,37,38,39). The van der Waals surface area contributed by atoms with Crippen LogP contribution in [0.2, 0.25) is 0 Å². The quantitative estimate of drug-likeness (QED) is 0.00542. The number of hydrogen-bond acceptors (Lipinski definition) is 31. The van der Waals surface area contributed by atoms with Gasteiger partial charge in [0.15, 0.2) is 44.3 Å². The zero-order valence-electron chi connectivity index (χ0n) is 32.9. The van der Waals surface area contributed by atoms with Crippen molar-refractivity contribution in [2.45, 2.75) is 19.6 Å². The minimum atomic E-state index is -5.06. The predicted octanol–water partition coefficient (Wildman–Crippen LogP) is 6.72. The molecule has 5 rings (SSSR count). The molecule has 4 aromatic carbocycles. The van der Waals surface area contributed by atoms with Crippen molar-refractivity contribution in [2.24, 2.45) is 20.5 Å². The Morgan fingerprint density at radius 2 is 1.15 bits per heavy atom. The molecule has 67 heavy (non-hydrogen) atoms. The lowest BCUT2D eigenvalue weighted by atomic mass is 10.2. The molecule has 0 atom stereocenters. The van der Waals surface area contributed by atoms with Gasteiger partial charge >= 0.3 is 6.08 Å². The summed E-state index contributed by atoms with van der Waals surface area (Å²) in [5, 5.41) is 56.7. The highest BCUT2D eigenvalue weighted by molar-refractivity contribution is 7.94. The zero-order valence-corrected chi connectivity index (χ0v) is 37.8. The first-order chi connectivity index (χ1) is 31.9. The van der Waals surface area contributed by atoms with Gasteiger partial charge in [-0.15, -0.1) is 28.3 Å². The molecule has 5 aromatic rings. The van der Waals surface area contributed by atoms with Crippen molar-refractivity contribution >= 4 is 124 Å². The van der Waals surface area contributed by atoms with Crippen LogP contribution in [0.25, 0.3) is 0 Å². The van der Waals surface area contributed by atoms with Crippen LogP contribution in [0, 0.1) is 6.08 Å². The molecule has 29 nitrogen and oxygen atoms in total. The van der Waals surface area contributed by atoms with Gasteiger partial charge in [-0.25, -0.2) is 32.6 Å². The summed E-state index contributed by atoms with van der Waals surface area (Å²) in [6.45, 7) is -0.645. The lowest BCUT2D eigenvalue weighted by Gasteiger charge is -2.11. The molecule has 360 valence electrons. The molecule has 0 saturated carbocycles. The number of nitrogens with zero attached hydrogens (tertiary/aromatic N) is 7. The molecule has 10 N–H and O–H groups in total. The summed E-state index contributed by atoms with van der Waals surface area (Å²) < 4.78 is 122. The van der Waals surface area contributed by atoms with E-state index in [1.807, 2.05) is 0 Å². The van der Waals surface area contributed by atoms with Gasteiger partial charge in [0.2, 0.25) is 11.9 Å². The Labute approximate surface area is 389 Å². The molecular weight excluding hydrogens is 1030 g/mol. The Bertz CT molecular complexity index is 2890. The van der Waals surface area contributed by atoms with Crippen LogP contribution in [-0.2, 0) is 66.3 Å². The average molecular weight is 1060 g/mol. The number of nitrogen functional groups attached to an aromatic ring is 2. The van der Waals surface area contributed by atoms with E-state index in [2.05, 4.69) is 74.2 Å². The highest BCUT2D eigenvalue weighted by Crippen LogP contribution is 2.44. The van der Waals surface area contributed by atoms with Crippen LogP contribution in [0.4, 0.5) is 61.8 Å². The number of aromatic nitrogens is 3. The maximum atomic E-state index is 14.6. The largest absolute Gasteiger partial charge is 0.396 e. The Balaban J connectivity index is 1.38.